The Morgan fingerprint density at radius 3 is 2.42 bits per heavy atom. The molecule has 11 nitrogen and oxygen atoms in total. The number of primary amides is 1. The van der Waals surface area contributed by atoms with Crippen LogP contribution < -0.4 is 20.5 Å². The number of Topliss-reactive ketones (excluding diaryl/α,β-unsaturated/α-hetero) is 1. The van der Waals surface area contributed by atoms with E-state index in [1.807, 2.05) is 0 Å². The summed E-state index contributed by atoms with van der Waals surface area (Å²) in [5.74, 6) is -2.22. The molecule has 2 aliphatic heterocycles. The smallest absolute Gasteiger partial charge is 0.261 e. The third-order valence-corrected chi connectivity index (χ3v) is 5.92. The van der Waals surface area contributed by atoms with Gasteiger partial charge < -0.3 is 19.6 Å². The lowest BCUT2D eigenvalue weighted by atomic mass is 10.0. The highest BCUT2D eigenvalue weighted by Gasteiger charge is 2.36. The van der Waals surface area contributed by atoms with E-state index in [0.29, 0.717) is 17.1 Å². The van der Waals surface area contributed by atoms with Crippen LogP contribution in [0.5, 0.6) is 11.5 Å². The molecule has 2 aliphatic rings. The topological polar surface area (TPSA) is 158 Å². The number of furan rings is 1. The van der Waals surface area contributed by atoms with Gasteiger partial charge in [0.25, 0.3) is 23.6 Å². The number of nitrogens with one attached hydrogen (secondary N) is 1. The first-order valence-corrected chi connectivity index (χ1v) is 10.8. The Morgan fingerprint density at radius 1 is 0.972 bits per heavy atom. The number of hydrogen-bond acceptors (Lipinski definition) is 8. The highest BCUT2D eigenvalue weighted by Crippen LogP contribution is 2.34. The molecule has 0 saturated heterocycles. The first-order valence-electron chi connectivity index (χ1n) is 10.8. The molecule has 0 saturated carbocycles. The number of hydrogen-bond donors (Lipinski definition) is 2. The third-order valence-electron chi connectivity index (χ3n) is 5.92. The molecule has 3 heterocycles. The zero-order chi connectivity index (χ0) is 25.7. The lowest BCUT2D eigenvalue weighted by Gasteiger charge is -2.14. The van der Waals surface area contributed by atoms with Gasteiger partial charge in [0.05, 0.1) is 23.2 Å². The second-order valence-corrected chi connectivity index (χ2v) is 8.26. The van der Waals surface area contributed by atoms with Crippen molar-refractivity contribution in [1.82, 2.24) is 4.90 Å². The van der Waals surface area contributed by atoms with E-state index < -0.39 is 29.4 Å². The largest absolute Gasteiger partial charge is 0.454 e. The van der Waals surface area contributed by atoms with E-state index in [9.17, 15) is 24.0 Å². The van der Waals surface area contributed by atoms with Gasteiger partial charge in [0.1, 0.15) is 11.3 Å². The monoisotopic (exact) mass is 489 g/mol. The van der Waals surface area contributed by atoms with Crippen LogP contribution in [0.3, 0.4) is 0 Å². The Balaban J connectivity index is 1.39. The number of carbonyl (C=O) groups excluding carboxylic acids is 5. The van der Waals surface area contributed by atoms with Gasteiger partial charge in [-0.3, -0.25) is 34.2 Å². The summed E-state index contributed by atoms with van der Waals surface area (Å²) in [7, 11) is 0. The summed E-state index contributed by atoms with van der Waals surface area (Å²) in [6.45, 7) is 2.82. The molecule has 36 heavy (non-hydrogen) atoms. The van der Waals surface area contributed by atoms with Gasteiger partial charge in [0.2, 0.25) is 12.7 Å². The van der Waals surface area contributed by atoms with Gasteiger partial charge in [-0.25, -0.2) is 0 Å². The fourth-order valence-corrected chi connectivity index (χ4v) is 4.26. The van der Waals surface area contributed by atoms with Gasteiger partial charge >= 0.3 is 0 Å². The van der Waals surface area contributed by atoms with Crippen molar-refractivity contribution in [1.29, 1.82) is 0 Å². The molecule has 0 bridgehead atoms. The minimum Gasteiger partial charge on any atom is -0.454 e. The molecule has 4 amide bonds. The Bertz CT molecular complexity index is 1500. The maximum absolute atomic E-state index is 13.0. The quantitative estimate of drug-likeness (QED) is 0.395. The summed E-state index contributed by atoms with van der Waals surface area (Å²) in [6.07, 6.45) is 0. The number of imide groups is 1. The number of benzene rings is 2. The van der Waals surface area contributed by atoms with Crippen LogP contribution >= 0.6 is 0 Å². The third kappa shape index (κ3) is 3.66. The van der Waals surface area contributed by atoms with Gasteiger partial charge in [-0.1, -0.05) is 6.07 Å². The molecule has 0 unspecified atom stereocenters. The summed E-state index contributed by atoms with van der Waals surface area (Å²) in [6, 6.07) is 9.17. The van der Waals surface area contributed by atoms with Crippen molar-refractivity contribution in [2.75, 3.05) is 12.1 Å². The standard InChI is InChI=1S/C25H19N3O8/c1-11(29)19-12(2)36-23(20(19)21(26)30)27-22(31)14-4-5-15-16(8-14)25(33)28(24(15)32)9-13-3-6-17-18(7-13)35-10-34-17/h3-8H,9-10H2,1-2H3,(H2,26,30)(H,27,31). The van der Waals surface area contributed by atoms with Gasteiger partial charge in [-0.05, 0) is 49.7 Å². The van der Waals surface area contributed by atoms with E-state index in [-0.39, 0.29) is 52.8 Å². The average molecular weight is 489 g/mol. The summed E-state index contributed by atoms with van der Waals surface area (Å²) in [5, 5.41) is 2.42. The maximum atomic E-state index is 13.0. The summed E-state index contributed by atoms with van der Waals surface area (Å²) >= 11 is 0. The summed E-state index contributed by atoms with van der Waals surface area (Å²) in [4.78, 5) is 63.7. The Labute approximate surface area is 203 Å². The number of amides is 4. The Hall–Kier alpha value is -4.93. The molecule has 2 aromatic carbocycles. The summed E-state index contributed by atoms with van der Waals surface area (Å²) in [5.41, 5.74) is 6.05. The van der Waals surface area contributed by atoms with Gasteiger partial charge in [0, 0.05) is 5.56 Å². The molecule has 0 spiro atoms. The molecule has 5 rings (SSSR count). The predicted molar refractivity (Wildman–Crippen MR) is 123 cm³/mol. The van der Waals surface area contributed by atoms with Crippen molar-refractivity contribution in [3.63, 3.8) is 0 Å². The normalized spacial score (nSPS) is 13.7. The number of carbonyl (C=O) groups is 5. The highest BCUT2D eigenvalue weighted by atomic mass is 16.7. The number of ether oxygens (including phenoxy) is 2. The second-order valence-electron chi connectivity index (χ2n) is 8.26. The maximum Gasteiger partial charge on any atom is 0.261 e. The molecule has 11 heteroatoms. The van der Waals surface area contributed by atoms with Crippen LogP contribution in [0.2, 0.25) is 0 Å². The van der Waals surface area contributed by atoms with Crippen molar-refractivity contribution < 1.29 is 37.9 Å². The van der Waals surface area contributed by atoms with Gasteiger partial charge in [-0.2, -0.15) is 0 Å². The lowest BCUT2D eigenvalue weighted by molar-refractivity contribution is 0.0641. The minimum absolute atomic E-state index is 0.00594. The molecule has 3 aromatic rings. The van der Waals surface area contributed by atoms with Gasteiger partial charge in [0.15, 0.2) is 17.3 Å². The SMILES string of the molecule is CC(=O)c1c(C)oc(NC(=O)c2ccc3c(c2)C(=O)N(Cc2ccc4c(c2)OCO4)C3=O)c1C(N)=O. The first kappa shape index (κ1) is 22.8. The van der Waals surface area contributed by atoms with Crippen molar-refractivity contribution >= 4 is 35.3 Å². The number of aryl methyl sites for hydroxylation is 1. The van der Waals surface area contributed by atoms with Crippen LogP contribution in [-0.2, 0) is 6.54 Å². The predicted octanol–water partition coefficient (Wildman–Crippen LogP) is 2.67. The second kappa shape index (κ2) is 8.38. The van der Waals surface area contributed by atoms with E-state index in [0.717, 1.165) is 4.90 Å². The molecular weight excluding hydrogens is 470 g/mol. The molecule has 0 aliphatic carbocycles. The Kier molecular flexibility index (Phi) is 5.32. The molecular formula is C25H19N3O8. The zero-order valence-corrected chi connectivity index (χ0v) is 19.2. The Morgan fingerprint density at radius 2 is 1.69 bits per heavy atom. The van der Waals surface area contributed by atoms with Gasteiger partial charge in [-0.15, -0.1) is 0 Å². The fourth-order valence-electron chi connectivity index (χ4n) is 4.26. The number of nitrogens with zero attached hydrogens (tertiary/aromatic N) is 1. The first-order chi connectivity index (χ1) is 17.2. The number of rotatable bonds is 6. The van der Waals surface area contributed by atoms with Crippen LogP contribution in [0.25, 0.3) is 0 Å². The van der Waals surface area contributed by atoms with E-state index in [4.69, 9.17) is 19.6 Å². The molecule has 0 fully saturated rings. The highest BCUT2D eigenvalue weighted by molar-refractivity contribution is 6.22. The number of ketones is 1. The molecule has 1 aromatic heterocycles. The molecule has 0 radical (unpaired) electrons. The average Bonchev–Trinajstić information content (AvgIpc) is 3.50. The van der Waals surface area contributed by atoms with Crippen molar-refractivity contribution in [3.05, 3.63) is 75.5 Å². The van der Waals surface area contributed by atoms with Crippen molar-refractivity contribution in [3.8, 4) is 11.5 Å². The lowest BCUT2D eigenvalue weighted by Crippen LogP contribution is -2.29. The molecule has 3 N–H and O–H groups in total. The number of anilines is 1. The van der Waals surface area contributed by atoms with Crippen molar-refractivity contribution in [2.24, 2.45) is 5.73 Å². The molecule has 0 atom stereocenters. The van der Waals surface area contributed by atoms with Crippen LogP contribution in [0.1, 0.15) is 70.0 Å². The van der Waals surface area contributed by atoms with E-state index in [1.54, 1.807) is 18.2 Å². The van der Waals surface area contributed by atoms with E-state index in [2.05, 4.69) is 5.32 Å². The van der Waals surface area contributed by atoms with Crippen LogP contribution in [0, 0.1) is 6.92 Å². The van der Waals surface area contributed by atoms with Crippen LogP contribution in [-0.4, -0.2) is 41.1 Å². The number of nitrogens with two attached hydrogens (primary N) is 1. The summed E-state index contributed by atoms with van der Waals surface area (Å²) < 4.78 is 16.0. The van der Waals surface area contributed by atoms with Crippen LogP contribution in [0.4, 0.5) is 5.88 Å². The van der Waals surface area contributed by atoms with E-state index >= 15 is 0 Å². The van der Waals surface area contributed by atoms with Crippen molar-refractivity contribution in [2.45, 2.75) is 20.4 Å². The zero-order valence-electron chi connectivity index (χ0n) is 19.2. The van der Waals surface area contributed by atoms with Crippen LogP contribution in [0.15, 0.2) is 40.8 Å². The number of fused-ring (bicyclic) bond motifs is 2. The fraction of sp³-hybridized carbons (Fsp3) is 0.160. The molecule has 182 valence electrons. The minimum atomic E-state index is -0.943. The van der Waals surface area contributed by atoms with E-state index in [1.165, 1.54) is 32.0 Å².